The highest BCUT2D eigenvalue weighted by Crippen LogP contribution is 2.33. The minimum Gasteiger partial charge on any atom is -0.497 e. The second kappa shape index (κ2) is 9.18. The van der Waals surface area contributed by atoms with E-state index in [0.29, 0.717) is 5.69 Å². The maximum absolute atomic E-state index is 13.1. The monoisotopic (exact) mass is 417 g/mol. The minimum absolute atomic E-state index is 0.0239. The van der Waals surface area contributed by atoms with Gasteiger partial charge in [0.25, 0.3) is 5.91 Å². The van der Waals surface area contributed by atoms with Crippen LogP contribution in [0.1, 0.15) is 10.5 Å². The van der Waals surface area contributed by atoms with Crippen LogP contribution in [0.2, 0.25) is 0 Å². The van der Waals surface area contributed by atoms with E-state index in [-0.39, 0.29) is 5.91 Å². The molecule has 2 aromatic carbocycles. The fourth-order valence-corrected chi connectivity index (χ4v) is 3.72. The summed E-state index contributed by atoms with van der Waals surface area (Å²) in [5, 5.41) is 0. The van der Waals surface area contributed by atoms with Crippen LogP contribution in [0.5, 0.6) is 11.5 Å². The second-order valence-corrected chi connectivity index (χ2v) is 7.65. The lowest BCUT2D eigenvalue weighted by molar-refractivity contribution is 0.0658. The van der Waals surface area contributed by atoms with Crippen molar-refractivity contribution < 1.29 is 14.3 Å². The number of methoxy groups -OCH3 is 2. The molecule has 31 heavy (non-hydrogen) atoms. The number of amides is 1. The van der Waals surface area contributed by atoms with Crippen molar-refractivity contribution in [3.63, 3.8) is 0 Å². The molecule has 160 valence electrons. The van der Waals surface area contributed by atoms with Crippen molar-refractivity contribution in [2.75, 3.05) is 47.4 Å². The van der Waals surface area contributed by atoms with E-state index in [0.717, 1.165) is 60.1 Å². The van der Waals surface area contributed by atoms with Crippen LogP contribution in [0.15, 0.2) is 60.7 Å². The van der Waals surface area contributed by atoms with E-state index in [2.05, 4.69) is 11.9 Å². The molecule has 2 heterocycles. The van der Waals surface area contributed by atoms with E-state index in [9.17, 15) is 4.79 Å². The van der Waals surface area contributed by atoms with E-state index < -0.39 is 0 Å². The van der Waals surface area contributed by atoms with Crippen molar-refractivity contribution in [2.24, 2.45) is 0 Å². The molecule has 0 atom stereocenters. The Morgan fingerprint density at radius 1 is 0.774 bits per heavy atom. The van der Waals surface area contributed by atoms with Gasteiger partial charge in [-0.1, -0.05) is 12.1 Å². The molecule has 1 saturated heterocycles. The Hall–Kier alpha value is -3.38. The Labute approximate surface area is 183 Å². The molecule has 0 bridgehead atoms. The number of piperazine rings is 1. The van der Waals surface area contributed by atoms with Gasteiger partial charge in [-0.3, -0.25) is 4.79 Å². The van der Waals surface area contributed by atoms with Crippen LogP contribution >= 0.6 is 0 Å². The Bertz CT molecular complexity index is 1040. The predicted molar refractivity (Wildman–Crippen MR) is 122 cm³/mol. The van der Waals surface area contributed by atoms with Crippen molar-refractivity contribution in [3.8, 4) is 33.9 Å². The van der Waals surface area contributed by atoms with E-state index in [1.54, 1.807) is 14.2 Å². The quantitative estimate of drug-likeness (QED) is 0.632. The van der Waals surface area contributed by atoms with Crippen LogP contribution in [0.4, 0.5) is 0 Å². The van der Waals surface area contributed by atoms with Crippen molar-refractivity contribution in [1.82, 2.24) is 14.8 Å². The van der Waals surface area contributed by atoms with Crippen LogP contribution in [-0.4, -0.2) is 68.1 Å². The summed E-state index contributed by atoms with van der Waals surface area (Å²) in [6.45, 7) is 3.19. The van der Waals surface area contributed by atoms with E-state index in [1.807, 2.05) is 65.6 Å². The summed E-state index contributed by atoms with van der Waals surface area (Å²) in [4.78, 5) is 22.1. The second-order valence-electron chi connectivity index (χ2n) is 7.65. The molecular formula is C25H27N3O3. The zero-order valence-corrected chi connectivity index (χ0v) is 18.2. The number of benzene rings is 2. The third-order valence-electron chi connectivity index (χ3n) is 5.67. The lowest BCUT2D eigenvalue weighted by Gasteiger charge is -2.32. The minimum atomic E-state index is -0.0239. The van der Waals surface area contributed by atoms with Crippen molar-refractivity contribution >= 4 is 5.91 Å². The number of carbonyl (C=O) groups is 1. The van der Waals surface area contributed by atoms with Gasteiger partial charge in [0.05, 0.1) is 19.9 Å². The van der Waals surface area contributed by atoms with E-state index >= 15 is 0 Å². The SMILES string of the molecule is COc1ccc(-c2ccc(C(=O)N3CCN(C)CC3)nc2-c2ccc(OC)cc2)cc1. The Morgan fingerprint density at radius 2 is 1.32 bits per heavy atom. The van der Waals surface area contributed by atoms with Gasteiger partial charge >= 0.3 is 0 Å². The third kappa shape index (κ3) is 4.54. The van der Waals surface area contributed by atoms with Gasteiger partial charge in [0.1, 0.15) is 17.2 Å². The molecular weight excluding hydrogens is 390 g/mol. The number of rotatable bonds is 5. The van der Waals surface area contributed by atoms with Gasteiger partial charge < -0.3 is 19.3 Å². The standard InChI is InChI=1S/C25H27N3O3/c1-27-14-16-28(17-15-27)25(29)23-13-12-22(18-4-8-20(30-2)9-5-18)24(26-23)19-6-10-21(31-3)11-7-19/h4-13H,14-17H2,1-3H3. The topological polar surface area (TPSA) is 54.9 Å². The summed E-state index contributed by atoms with van der Waals surface area (Å²) in [6.07, 6.45) is 0. The lowest BCUT2D eigenvalue weighted by atomic mass is 9.98. The molecule has 1 aliphatic rings. The Kier molecular flexibility index (Phi) is 6.18. The summed E-state index contributed by atoms with van der Waals surface area (Å²) in [7, 11) is 5.37. The number of pyridine rings is 1. The first kappa shape index (κ1) is 20.9. The van der Waals surface area contributed by atoms with Crippen molar-refractivity contribution in [3.05, 3.63) is 66.4 Å². The summed E-state index contributed by atoms with van der Waals surface area (Å²) in [5.41, 5.74) is 4.14. The molecule has 3 aromatic rings. The molecule has 4 rings (SSSR count). The molecule has 1 aliphatic heterocycles. The number of ether oxygens (including phenoxy) is 2. The van der Waals surface area contributed by atoms with Gasteiger partial charge in [0.2, 0.25) is 0 Å². The van der Waals surface area contributed by atoms with Crippen LogP contribution in [-0.2, 0) is 0 Å². The molecule has 6 heteroatoms. The van der Waals surface area contributed by atoms with Gasteiger partial charge in [0.15, 0.2) is 0 Å². The van der Waals surface area contributed by atoms with Gasteiger partial charge in [-0.25, -0.2) is 4.98 Å². The molecule has 0 saturated carbocycles. The van der Waals surface area contributed by atoms with Crippen molar-refractivity contribution in [1.29, 1.82) is 0 Å². The van der Waals surface area contributed by atoms with Crippen LogP contribution in [0, 0.1) is 0 Å². The van der Waals surface area contributed by atoms with Crippen LogP contribution < -0.4 is 9.47 Å². The zero-order valence-electron chi connectivity index (χ0n) is 18.2. The van der Waals surface area contributed by atoms with Crippen LogP contribution in [0.25, 0.3) is 22.4 Å². The molecule has 1 aromatic heterocycles. The number of likely N-dealkylation sites (N-methyl/N-ethyl adjacent to an activating group) is 1. The smallest absolute Gasteiger partial charge is 0.272 e. The van der Waals surface area contributed by atoms with Gasteiger partial charge in [-0.05, 0) is 61.1 Å². The average molecular weight is 418 g/mol. The maximum atomic E-state index is 13.1. The molecule has 1 amide bonds. The number of hydrogen-bond donors (Lipinski definition) is 0. The fourth-order valence-electron chi connectivity index (χ4n) is 3.72. The highest BCUT2D eigenvalue weighted by atomic mass is 16.5. The first-order chi connectivity index (χ1) is 15.1. The summed E-state index contributed by atoms with van der Waals surface area (Å²) in [6, 6.07) is 19.4. The van der Waals surface area contributed by atoms with Gasteiger partial charge in [0, 0.05) is 37.3 Å². The highest BCUT2D eigenvalue weighted by molar-refractivity contribution is 5.94. The van der Waals surface area contributed by atoms with Gasteiger partial charge in [-0.15, -0.1) is 0 Å². The summed E-state index contributed by atoms with van der Waals surface area (Å²) < 4.78 is 10.6. The van der Waals surface area contributed by atoms with E-state index in [4.69, 9.17) is 14.5 Å². The zero-order chi connectivity index (χ0) is 21.8. The van der Waals surface area contributed by atoms with E-state index in [1.165, 1.54) is 0 Å². The van der Waals surface area contributed by atoms with Crippen molar-refractivity contribution in [2.45, 2.75) is 0 Å². The Balaban J connectivity index is 1.74. The number of hydrogen-bond acceptors (Lipinski definition) is 5. The molecule has 1 fully saturated rings. The predicted octanol–water partition coefficient (Wildman–Crippen LogP) is 3.82. The first-order valence-electron chi connectivity index (χ1n) is 10.4. The lowest BCUT2D eigenvalue weighted by Crippen LogP contribution is -2.47. The first-order valence-corrected chi connectivity index (χ1v) is 10.4. The highest BCUT2D eigenvalue weighted by Gasteiger charge is 2.22. The average Bonchev–Trinajstić information content (AvgIpc) is 2.84. The number of nitrogens with zero attached hydrogens (tertiary/aromatic N) is 3. The fraction of sp³-hybridized carbons (Fsp3) is 0.280. The normalized spacial score (nSPS) is 14.4. The molecule has 0 spiro atoms. The molecule has 0 N–H and O–H groups in total. The molecule has 0 unspecified atom stereocenters. The summed E-state index contributed by atoms with van der Waals surface area (Å²) >= 11 is 0. The Morgan fingerprint density at radius 3 is 1.87 bits per heavy atom. The molecule has 6 nitrogen and oxygen atoms in total. The third-order valence-corrected chi connectivity index (χ3v) is 5.67. The largest absolute Gasteiger partial charge is 0.497 e. The van der Waals surface area contributed by atoms with Crippen LogP contribution in [0.3, 0.4) is 0 Å². The number of aromatic nitrogens is 1. The molecule has 0 radical (unpaired) electrons. The number of carbonyl (C=O) groups excluding carboxylic acids is 1. The van der Waals surface area contributed by atoms with Gasteiger partial charge in [-0.2, -0.15) is 0 Å². The maximum Gasteiger partial charge on any atom is 0.272 e. The summed E-state index contributed by atoms with van der Waals surface area (Å²) in [5.74, 6) is 1.55. The molecule has 0 aliphatic carbocycles.